The Labute approximate surface area is 166 Å². The van der Waals surface area contributed by atoms with E-state index >= 15 is 0 Å². The van der Waals surface area contributed by atoms with Gasteiger partial charge in [-0.15, -0.1) is 0 Å². The smallest absolute Gasteiger partial charge is 0.338 e. The fourth-order valence-electron chi connectivity index (χ4n) is 2.95. The highest BCUT2D eigenvalue weighted by molar-refractivity contribution is 8.14. The van der Waals surface area contributed by atoms with Gasteiger partial charge in [0.15, 0.2) is 5.17 Å². The number of thioether (sulfide) groups is 1. The predicted octanol–water partition coefficient (Wildman–Crippen LogP) is 4.60. The number of hydrogen-bond donors (Lipinski definition) is 0. The number of amidine groups is 1. The molecule has 0 aliphatic carbocycles. The summed E-state index contributed by atoms with van der Waals surface area (Å²) < 4.78 is 5.41. The number of halogens is 2. The van der Waals surface area contributed by atoms with Crippen molar-refractivity contribution in [2.75, 3.05) is 5.75 Å². The molecule has 0 bridgehead atoms. The van der Waals surface area contributed by atoms with Crippen LogP contribution < -0.4 is 0 Å². The summed E-state index contributed by atoms with van der Waals surface area (Å²) in [6.45, 7) is 5.30. The van der Waals surface area contributed by atoms with Crippen LogP contribution in [0, 0.1) is 0 Å². The molecule has 1 atom stereocenters. The highest BCUT2D eigenvalue weighted by Crippen LogP contribution is 2.43. The first-order chi connectivity index (χ1) is 12.3. The Kier molecular flexibility index (Phi) is 5.65. The third kappa shape index (κ3) is 3.63. The van der Waals surface area contributed by atoms with E-state index in [0.29, 0.717) is 44.2 Å². The monoisotopic (exact) mass is 412 g/mol. The third-order valence-corrected chi connectivity index (χ3v) is 5.54. The average Bonchev–Trinajstić information content (AvgIpc) is 2.53. The van der Waals surface area contributed by atoms with Crippen LogP contribution in [0.4, 0.5) is 0 Å². The van der Waals surface area contributed by atoms with E-state index in [9.17, 15) is 9.59 Å². The minimum Gasteiger partial charge on any atom is -0.459 e. The second-order valence-electron chi connectivity index (χ2n) is 6.28. The summed E-state index contributed by atoms with van der Waals surface area (Å²) in [5.74, 6) is 0.0643. The number of rotatable bonds is 3. The number of nitrogens with zero attached hydrogens (tertiary/aromatic N) is 2. The van der Waals surface area contributed by atoms with Gasteiger partial charge in [-0.05, 0) is 38.5 Å². The van der Waals surface area contributed by atoms with Gasteiger partial charge in [-0.3, -0.25) is 9.69 Å². The molecule has 1 unspecified atom stereocenters. The molecular weight excluding hydrogens is 395 g/mol. The predicted molar refractivity (Wildman–Crippen MR) is 104 cm³/mol. The first-order valence-corrected chi connectivity index (χ1v) is 9.94. The standard InChI is InChI=1S/C18H18Cl2N2O3S/c1-9(2)25-17(24)15-10(3)21-18-22(14(23)6-7-26-18)16(15)12-5-4-11(19)8-13(12)20/h4-5,8-9,16H,6-7H2,1-3H3. The molecule has 138 valence electrons. The minimum absolute atomic E-state index is 0.0964. The highest BCUT2D eigenvalue weighted by Gasteiger charge is 2.42. The lowest BCUT2D eigenvalue weighted by molar-refractivity contribution is -0.143. The quantitative estimate of drug-likeness (QED) is 0.680. The van der Waals surface area contributed by atoms with Gasteiger partial charge in [0, 0.05) is 22.2 Å². The van der Waals surface area contributed by atoms with E-state index in [2.05, 4.69) is 4.99 Å². The largest absolute Gasteiger partial charge is 0.459 e. The molecule has 5 nitrogen and oxygen atoms in total. The second-order valence-corrected chi connectivity index (χ2v) is 8.18. The summed E-state index contributed by atoms with van der Waals surface area (Å²) >= 11 is 13.9. The summed E-state index contributed by atoms with van der Waals surface area (Å²) in [7, 11) is 0. The Balaban J connectivity index is 2.18. The van der Waals surface area contributed by atoms with Crippen molar-refractivity contribution in [2.24, 2.45) is 4.99 Å². The van der Waals surface area contributed by atoms with Gasteiger partial charge in [-0.25, -0.2) is 9.79 Å². The number of aliphatic imine (C=N–C) groups is 1. The number of benzene rings is 1. The zero-order valence-electron chi connectivity index (χ0n) is 14.6. The van der Waals surface area contributed by atoms with Crippen LogP contribution >= 0.6 is 35.0 Å². The zero-order valence-corrected chi connectivity index (χ0v) is 16.9. The fourth-order valence-corrected chi connectivity index (χ4v) is 4.47. The van der Waals surface area contributed by atoms with Crippen molar-refractivity contribution < 1.29 is 14.3 Å². The van der Waals surface area contributed by atoms with Crippen molar-refractivity contribution in [1.29, 1.82) is 0 Å². The van der Waals surface area contributed by atoms with Gasteiger partial charge < -0.3 is 4.74 Å². The highest BCUT2D eigenvalue weighted by atomic mass is 35.5. The zero-order chi connectivity index (χ0) is 19.0. The molecule has 3 rings (SSSR count). The summed E-state index contributed by atoms with van der Waals surface area (Å²) in [6, 6.07) is 4.35. The van der Waals surface area contributed by atoms with Gasteiger partial charge in [-0.1, -0.05) is 41.0 Å². The molecule has 2 aliphatic heterocycles. The molecule has 1 fully saturated rings. The Hall–Kier alpha value is -1.50. The van der Waals surface area contributed by atoms with E-state index in [1.807, 2.05) is 0 Å². The summed E-state index contributed by atoms with van der Waals surface area (Å²) in [5.41, 5.74) is 1.47. The van der Waals surface area contributed by atoms with Crippen LogP contribution in [0.5, 0.6) is 0 Å². The van der Waals surface area contributed by atoms with Crippen molar-refractivity contribution in [3.8, 4) is 0 Å². The molecule has 0 N–H and O–H groups in total. The normalized spacial score (nSPS) is 20.2. The lowest BCUT2D eigenvalue weighted by Crippen LogP contribution is -2.46. The molecule has 0 radical (unpaired) electrons. The molecule has 1 aromatic carbocycles. The molecule has 8 heteroatoms. The number of carbonyl (C=O) groups excluding carboxylic acids is 2. The molecule has 26 heavy (non-hydrogen) atoms. The van der Waals surface area contributed by atoms with Crippen LogP contribution in [0.15, 0.2) is 34.5 Å². The van der Waals surface area contributed by atoms with Crippen LogP contribution in [-0.2, 0) is 14.3 Å². The van der Waals surface area contributed by atoms with E-state index in [4.69, 9.17) is 27.9 Å². The van der Waals surface area contributed by atoms with Gasteiger partial charge in [-0.2, -0.15) is 0 Å². The number of esters is 1. The SMILES string of the molecule is CC1=C(C(=O)OC(C)C)C(c2ccc(Cl)cc2Cl)N2C(=O)CCSC2=N1. The van der Waals surface area contributed by atoms with Crippen LogP contribution in [0.3, 0.4) is 0 Å². The number of carbonyl (C=O) groups is 2. The third-order valence-electron chi connectivity index (χ3n) is 4.03. The van der Waals surface area contributed by atoms with Crippen molar-refractivity contribution in [3.63, 3.8) is 0 Å². The number of amides is 1. The fraction of sp³-hybridized carbons (Fsp3) is 0.389. The van der Waals surface area contributed by atoms with Crippen molar-refractivity contribution in [1.82, 2.24) is 4.90 Å². The van der Waals surface area contributed by atoms with Gasteiger partial charge in [0.1, 0.15) is 0 Å². The molecule has 0 saturated carbocycles. The maximum absolute atomic E-state index is 12.8. The number of fused-ring (bicyclic) bond motifs is 1. The Morgan fingerprint density at radius 3 is 2.77 bits per heavy atom. The summed E-state index contributed by atoms with van der Waals surface area (Å²) in [4.78, 5) is 31.5. The topological polar surface area (TPSA) is 59.0 Å². The van der Waals surface area contributed by atoms with E-state index in [1.54, 1.807) is 43.9 Å². The molecule has 2 aliphatic rings. The van der Waals surface area contributed by atoms with E-state index in [1.165, 1.54) is 11.8 Å². The lowest BCUT2D eigenvalue weighted by atomic mass is 9.94. The first kappa shape index (κ1) is 19.3. The summed E-state index contributed by atoms with van der Waals surface area (Å²) in [6.07, 6.45) is 0.0812. The molecular formula is C18H18Cl2N2O3S. The Morgan fingerprint density at radius 1 is 1.38 bits per heavy atom. The minimum atomic E-state index is -0.682. The van der Waals surface area contributed by atoms with Crippen LogP contribution in [0.1, 0.15) is 38.8 Å². The van der Waals surface area contributed by atoms with E-state index < -0.39 is 12.0 Å². The molecule has 1 amide bonds. The Morgan fingerprint density at radius 2 is 2.12 bits per heavy atom. The van der Waals surface area contributed by atoms with Crippen molar-refractivity contribution in [2.45, 2.75) is 39.3 Å². The maximum Gasteiger partial charge on any atom is 0.338 e. The van der Waals surface area contributed by atoms with Crippen LogP contribution in [0.25, 0.3) is 0 Å². The molecule has 0 aromatic heterocycles. The van der Waals surface area contributed by atoms with Gasteiger partial charge >= 0.3 is 5.97 Å². The average molecular weight is 413 g/mol. The first-order valence-electron chi connectivity index (χ1n) is 8.20. The van der Waals surface area contributed by atoms with E-state index in [-0.39, 0.29) is 12.0 Å². The number of ether oxygens (including phenoxy) is 1. The van der Waals surface area contributed by atoms with Crippen LogP contribution in [0.2, 0.25) is 10.0 Å². The van der Waals surface area contributed by atoms with Crippen molar-refractivity contribution in [3.05, 3.63) is 45.1 Å². The Bertz CT molecular complexity index is 836. The van der Waals surface area contributed by atoms with Crippen LogP contribution in [-0.4, -0.2) is 33.8 Å². The molecule has 1 saturated heterocycles. The molecule has 0 spiro atoms. The maximum atomic E-state index is 12.8. The van der Waals surface area contributed by atoms with Gasteiger partial charge in [0.2, 0.25) is 5.91 Å². The summed E-state index contributed by atoms with van der Waals surface area (Å²) in [5, 5.41) is 1.44. The second kappa shape index (κ2) is 7.62. The molecule has 2 heterocycles. The van der Waals surface area contributed by atoms with Gasteiger partial charge in [0.05, 0.1) is 23.4 Å². The lowest BCUT2D eigenvalue weighted by Gasteiger charge is -2.39. The van der Waals surface area contributed by atoms with Gasteiger partial charge in [0.25, 0.3) is 0 Å². The van der Waals surface area contributed by atoms with Crippen molar-refractivity contribution >= 4 is 52.0 Å². The number of allylic oxidation sites excluding steroid dienone is 1. The number of hydrogen-bond acceptors (Lipinski definition) is 5. The molecule has 1 aromatic rings. The van der Waals surface area contributed by atoms with E-state index in [0.717, 1.165) is 0 Å².